The fraction of sp³-hybridized carbons (Fsp3) is 0.478. The van der Waals surface area contributed by atoms with Crippen LogP contribution in [-0.2, 0) is 89.6 Å². The molecule has 3 fully saturated rings. The number of aromatic amines is 4. The first-order valence-electron chi connectivity index (χ1n) is 35.6. The molecular weight excluding hydrogens is 1420 g/mol. The third kappa shape index (κ3) is 23.6. The Bertz CT molecular complexity index is 4020. The number of nitrogens with two attached hydrogens (primary N) is 3. The number of hydrogen-bond donors (Lipinski definition) is 20. The highest BCUT2D eigenvalue weighted by Crippen LogP contribution is 2.31. The van der Waals surface area contributed by atoms with Crippen LogP contribution in [0.5, 0.6) is 0 Å². The average molecular weight is 1520 g/mol. The highest BCUT2D eigenvalue weighted by molar-refractivity contribution is 8.77. The number of aromatic nitrogens is 7. The third-order valence-electron chi connectivity index (χ3n) is 18.3. The van der Waals surface area contributed by atoms with Gasteiger partial charge in [-0.25, -0.2) is 15.0 Å². The van der Waals surface area contributed by atoms with Crippen LogP contribution >= 0.6 is 21.6 Å². The van der Waals surface area contributed by atoms with E-state index in [4.69, 9.17) is 22.6 Å². The number of carbonyl (C=O) groups excluding carboxylic acids is 12. The number of nitrogens with one attached hydrogen (secondary N) is 17. The standard InChI is InChI=1S/C69H94N24O12S2/c1-38-56(94)83-46(17-7-9-21-70)57(95)84-47(18-8-10-22-71)58(96)88-51(27-41-31-74-35-79-41)62(100)85-48(19-11-23-77-69(72)73)59(97)92-67-68(105)93-24-12-20-55(93)66(104)90-53(29-43-33-76-37-81-43)64(102)86-49(25-39-13-3-2-4-14-39)60(98)89-52(28-42-32-75-36-80-42)63(101)87-50(26-40-30-78-45-16-6-5-15-44(40)45)61(99)91-54(34-106-107-67)65(103)82-38/h2-6,13-16,30-33,35-38,46-55,67,78H,7-12,17-29,34,70-71H2,1H3,(H,74,79)(H,75,80)(H,76,81)(H,82,103)(H,83,94)(H,84,95)(H,85,100)(H,86,102)(H,87,101)(H,88,96)(H,89,98)(H,90,104)(H,91,99)(H,92,97)(H4,72,73,77)/t38-,46-,47-,48-,49+,50-,51-,52-,53-,54-,55-,67-/m0/s1. The molecule has 3 saturated heterocycles. The third-order valence-corrected chi connectivity index (χ3v) is 20.9. The summed E-state index contributed by atoms with van der Waals surface area (Å²) >= 11 is 0. The first-order valence-corrected chi connectivity index (χ1v) is 38.0. The van der Waals surface area contributed by atoms with E-state index >= 15 is 43.2 Å². The average Bonchev–Trinajstić information content (AvgIpc) is 1.64. The minimum atomic E-state index is -1.72. The fourth-order valence-electron chi connectivity index (χ4n) is 12.6. The lowest BCUT2D eigenvalue weighted by atomic mass is 10.0. The van der Waals surface area contributed by atoms with Gasteiger partial charge in [-0.3, -0.25) is 62.9 Å². The Labute approximate surface area is 623 Å². The van der Waals surface area contributed by atoms with Crippen molar-refractivity contribution in [3.8, 4) is 0 Å². The second-order valence-electron chi connectivity index (χ2n) is 26.3. The molecular formula is C69H94N24O12S2. The number of H-pyrrole nitrogens is 4. The van der Waals surface area contributed by atoms with Crippen LogP contribution in [0.4, 0.5) is 0 Å². The number of para-hydroxylation sites is 1. The maximum Gasteiger partial charge on any atom is 0.257 e. The number of hydrogen-bond acceptors (Lipinski definition) is 20. The van der Waals surface area contributed by atoms with E-state index in [1.165, 1.54) is 49.4 Å². The van der Waals surface area contributed by atoms with Crippen LogP contribution in [0.25, 0.3) is 10.9 Å². The van der Waals surface area contributed by atoms with Gasteiger partial charge in [0.15, 0.2) is 11.3 Å². The zero-order valence-corrected chi connectivity index (χ0v) is 60.7. The van der Waals surface area contributed by atoms with E-state index in [-0.39, 0.29) is 96.8 Å². The normalized spacial score (nSPS) is 24.8. The minimum Gasteiger partial charge on any atom is -0.370 e. The largest absolute Gasteiger partial charge is 0.370 e. The van der Waals surface area contributed by atoms with E-state index in [1.54, 1.807) is 60.8 Å². The van der Waals surface area contributed by atoms with Gasteiger partial charge in [0.05, 0.1) is 36.1 Å². The molecule has 0 saturated carbocycles. The molecule has 3 aliphatic rings. The van der Waals surface area contributed by atoms with E-state index in [0.29, 0.717) is 75.6 Å². The van der Waals surface area contributed by atoms with Gasteiger partial charge in [0.25, 0.3) is 5.91 Å². The smallest absolute Gasteiger partial charge is 0.257 e. The molecule has 4 aromatic heterocycles. The van der Waals surface area contributed by atoms with Crippen molar-refractivity contribution in [3.05, 3.63) is 127 Å². The molecule has 7 heterocycles. The summed E-state index contributed by atoms with van der Waals surface area (Å²) in [5.41, 5.74) is 20.1. The van der Waals surface area contributed by atoms with Crippen LogP contribution < -0.4 is 81.0 Å². The van der Waals surface area contributed by atoms with E-state index in [9.17, 15) is 14.4 Å². The van der Waals surface area contributed by atoms with E-state index in [0.717, 1.165) is 10.8 Å². The van der Waals surface area contributed by atoms with E-state index in [1.807, 2.05) is 0 Å². The molecule has 9 rings (SSSR count). The Morgan fingerprint density at radius 2 is 0.963 bits per heavy atom. The quantitative estimate of drug-likeness (QED) is 0.0140. The van der Waals surface area contributed by atoms with Crippen molar-refractivity contribution >= 4 is 109 Å². The van der Waals surface area contributed by atoms with Crippen LogP contribution in [0.1, 0.15) is 99.3 Å². The molecule has 36 nitrogen and oxygen atoms in total. The summed E-state index contributed by atoms with van der Waals surface area (Å²) in [6.45, 7) is 1.73. The number of fused-ring (bicyclic) bond motifs is 6. The number of benzene rings is 2. The van der Waals surface area contributed by atoms with Crippen molar-refractivity contribution in [1.29, 1.82) is 5.41 Å². The summed E-state index contributed by atoms with van der Waals surface area (Å²) in [4.78, 5) is 207. The van der Waals surface area contributed by atoms with Gasteiger partial charge in [0.2, 0.25) is 65.0 Å². The van der Waals surface area contributed by atoms with Crippen molar-refractivity contribution in [2.75, 3.05) is 31.9 Å². The number of carbonyl (C=O) groups is 12. The van der Waals surface area contributed by atoms with Crippen LogP contribution in [0.15, 0.2) is 98.4 Å². The van der Waals surface area contributed by atoms with Crippen LogP contribution in [-0.4, -0.2) is 220 Å². The molecule has 2 aromatic carbocycles. The van der Waals surface area contributed by atoms with Gasteiger partial charge in [-0.2, -0.15) is 0 Å². The van der Waals surface area contributed by atoms with Gasteiger partial charge in [0.1, 0.15) is 66.5 Å². The van der Waals surface area contributed by atoms with Crippen LogP contribution in [0, 0.1) is 5.41 Å². The fourth-order valence-corrected chi connectivity index (χ4v) is 15.0. The highest BCUT2D eigenvalue weighted by Gasteiger charge is 2.43. The summed E-state index contributed by atoms with van der Waals surface area (Å²) in [5, 5.41) is 39.9. The maximum absolute atomic E-state index is 15.7. The molecule has 23 N–H and O–H groups in total. The number of guanidine groups is 1. The molecule has 574 valence electrons. The lowest BCUT2D eigenvalue weighted by Gasteiger charge is -2.31. The van der Waals surface area contributed by atoms with Gasteiger partial charge in [-0.1, -0.05) is 70.1 Å². The van der Waals surface area contributed by atoms with E-state index in [2.05, 4.69) is 98.7 Å². The zero-order chi connectivity index (χ0) is 76.4. The number of rotatable bonds is 22. The molecule has 0 aliphatic carbocycles. The first-order chi connectivity index (χ1) is 51.6. The summed E-state index contributed by atoms with van der Waals surface area (Å²) in [6, 6.07) is -0.470. The van der Waals surface area contributed by atoms with Gasteiger partial charge in [-0.15, -0.1) is 0 Å². The van der Waals surface area contributed by atoms with Crippen molar-refractivity contribution in [2.45, 2.75) is 175 Å². The van der Waals surface area contributed by atoms with Crippen molar-refractivity contribution in [1.82, 2.24) is 104 Å². The number of unbranched alkanes of at least 4 members (excludes halogenated alkanes) is 2. The SMILES string of the molecule is C[C@@H]1NC(=O)[C@@H]2CSS[C@H](NC(=O)[C@H](CCCNC(=N)N)NC(=O)[C@H](Cc3c[nH]cn3)NC(=O)[C@H](CCCCN)NC(=O)[C@H](CCCCN)NC1=O)C(=O)N1CCC[C@H]1C(=O)N[C@@H](Cc1c[nH]cn1)C(=O)N[C@H](Cc1ccccc1)C(=O)N[C@@H](Cc1c[nH]cn1)C(=O)N[C@@H](Cc1c[nH]c3ccccc13)C(=O)N2. The predicted octanol–water partition coefficient (Wildman–Crippen LogP) is -2.92. The molecule has 12 atom stereocenters. The summed E-state index contributed by atoms with van der Waals surface area (Å²) < 4.78 is 0. The topological polar surface area (TPSA) is 556 Å². The van der Waals surface area contributed by atoms with Gasteiger partial charge < -0.3 is 106 Å². The van der Waals surface area contributed by atoms with Gasteiger partial charge in [-0.05, 0) is 101 Å². The predicted molar refractivity (Wildman–Crippen MR) is 396 cm³/mol. The first kappa shape index (κ1) is 80.2. The minimum absolute atomic E-state index is 0.00151. The molecule has 3 aliphatic heterocycles. The second-order valence-corrected chi connectivity index (χ2v) is 28.9. The lowest BCUT2D eigenvalue weighted by Crippen LogP contribution is -2.62. The van der Waals surface area contributed by atoms with Crippen molar-refractivity contribution in [3.63, 3.8) is 0 Å². The summed E-state index contributed by atoms with van der Waals surface area (Å²) in [7, 11) is 1.49. The second kappa shape index (κ2) is 40.0. The van der Waals surface area contributed by atoms with Gasteiger partial charge >= 0.3 is 0 Å². The monoisotopic (exact) mass is 1510 g/mol. The molecule has 107 heavy (non-hydrogen) atoms. The van der Waals surface area contributed by atoms with Crippen LogP contribution in [0.2, 0.25) is 0 Å². The molecule has 0 spiro atoms. The highest BCUT2D eigenvalue weighted by atomic mass is 33.1. The Balaban J connectivity index is 1.17. The number of nitrogens with zero attached hydrogens (tertiary/aromatic N) is 4. The molecule has 38 heteroatoms. The molecule has 6 aromatic rings. The molecule has 0 unspecified atom stereocenters. The Morgan fingerprint density at radius 1 is 0.505 bits per heavy atom. The van der Waals surface area contributed by atoms with E-state index < -0.39 is 154 Å². The molecule has 0 radical (unpaired) electrons. The summed E-state index contributed by atoms with van der Waals surface area (Å²) in [5.74, 6) is -11.5. The summed E-state index contributed by atoms with van der Waals surface area (Å²) in [6.07, 6.45) is 10.7. The number of amides is 12. The Hall–Kier alpha value is -10.9. The molecule has 2 bridgehead atoms. The van der Waals surface area contributed by atoms with Crippen molar-refractivity contribution in [2.24, 2.45) is 17.2 Å². The molecule has 12 amide bonds. The van der Waals surface area contributed by atoms with Crippen molar-refractivity contribution < 1.29 is 57.5 Å². The Morgan fingerprint density at radius 3 is 1.49 bits per heavy atom. The maximum atomic E-state index is 15.7. The van der Waals surface area contributed by atoms with Gasteiger partial charge in [0, 0.05) is 86.6 Å². The number of imidazole rings is 3. The Kier molecular flexibility index (Phi) is 30.0. The van der Waals surface area contributed by atoms with Crippen LogP contribution in [0.3, 0.4) is 0 Å². The lowest BCUT2D eigenvalue weighted by molar-refractivity contribution is -0.141. The zero-order valence-electron chi connectivity index (χ0n) is 59.0.